The second-order valence-corrected chi connectivity index (χ2v) is 3.23. The first kappa shape index (κ1) is 7.58. The van der Waals surface area contributed by atoms with Gasteiger partial charge in [-0.2, -0.15) is 0 Å². The smallest absolute Gasteiger partial charge is 0.0983 e. The highest BCUT2D eigenvalue weighted by Gasteiger charge is 2.16. The van der Waals surface area contributed by atoms with E-state index >= 15 is 0 Å². The highest BCUT2D eigenvalue weighted by molar-refractivity contribution is 5.81. The molecule has 1 rings (SSSR count). The Hall–Kier alpha value is -0.530. The van der Waals surface area contributed by atoms with Crippen LogP contribution in [0.1, 0.15) is 26.7 Å². The largest absolute Gasteiger partial charge is 0.360 e. The van der Waals surface area contributed by atoms with E-state index in [2.05, 4.69) is 18.7 Å². The Bertz CT molecular complexity index is 123. The Kier molecular flexibility index (Phi) is 2.30. The van der Waals surface area contributed by atoms with Crippen LogP contribution in [0.15, 0.2) is 0 Å². The standard InChI is InChI=1S/C8H16N2/c1-7(2)8(9)10-5-3-4-6-10/h7,9H,3-6H2,1-2H3. The third-order valence-electron chi connectivity index (χ3n) is 1.99. The minimum Gasteiger partial charge on any atom is -0.360 e. The SMILES string of the molecule is CC(C)C(=N)N1CCCC1. The van der Waals surface area contributed by atoms with Crippen LogP contribution in [-0.2, 0) is 0 Å². The minimum absolute atomic E-state index is 0.401. The van der Waals surface area contributed by atoms with E-state index in [-0.39, 0.29) is 0 Å². The number of rotatable bonds is 1. The lowest BCUT2D eigenvalue weighted by atomic mass is 10.2. The average molecular weight is 140 g/mol. The summed E-state index contributed by atoms with van der Waals surface area (Å²) in [6.07, 6.45) is 2.55. The van der Waals surface area contributed by atoms with Gasteiger partial charge in [0.15, 0.2) is 0 Å². The van der Waals surface area contributed by atoms with E-state index in [0.29, 0.717) is 5.92 Å². The van der Waals surface area contributed by atoms with Crippen LogP contribution in [0.3, 0.4) is 0 Å². The maximum atomic E-state index is 7.67. The topological polar surface area (TPSA) is 27.1 Å². The minimum atomic E-state index is 0.401. The Morgan fingerprint density at radius 3 is 2.20 bits per heavy atom. The van der Waals surface area contributed by atoms with Crippen LogP contribution < -0.4 is 0 Å². The molecule has 0 spiro atoms. The van der Waals surface area contributed by atoms with Crippen molar-refractivity contribution in [2.45, 2.75) is 26.7 Å². The zero-order chi connectivity index (χ0) is 7.56. The molecule has 2 heteroatoms. The first-order valence-corrected chi connectivity index (χ1v) is 4.05. The van der Waals surface area contributed by atoms with E-state index < -0.39 is 0 Å². The third kappa shape index (κ3) is 1.49. The Morgan fingerprint density at radius 2 is 1.80 bits per heavy atom. The van der Waals surface area contributed by atoms with Gasteiger partial charge in [-0.05, 0) is 12.8 Å². The fraction of sp³-hybridized carbons (Fsp3) is 0.875. The van der Waals surface area contributed by atoms with Crippen LogP contribution >= 0.6 is 0 Å². The van der Waals surface area contributed by atoms with Gasteiger partial charge in [0.1, 0.15) is 0 Å². The molecule has 0 saturated carbocycles. The number of amidine groups is 1. The number of likely N-dealkylation sites (tertiary alicyclic amines) is 1. The van der Waals surface area contributed by atoms with E-state index in [1.54, 1.807) is 0 Å². The van der Waals surface area contributed by atoms with Gasteiger partial charge in [0.05, 0.1) is 5.84 Å². The van der Waals surface area contributed by atoms with Gasteiger partial charge in [-0.1, -0.05) is 13.8 Å². The van der Waals surface area contributed by atoms with Crippen molar-refractivity contribution in [3.05, 3.63) is 0 Å². The molecule has 10 heavy (non-hydrogen) atoms. The van der Waals surface area contributed by atoms with Crippen LogP contribution in [0.4, 0.5) is 0 Å². The molecule has 0 aromatic rings. The highest BCUT2D eigenvalue weighted by Crippen LogP contribution is 2.11. The van der Waals surface area contributed by atoms with Crippen LogP contribution in [-0.4, -0.2) is 23.8 Å². The van der Waals surface area contributed by atoms with Gasteiger partial charge < -0.3 is 4.90 Å². The molecule has 0 aliphatic carbocycles. The predicted molar refractivity (Wildman–Crippen MR) is 43.4 cm³/mol. The molecule has 1 fully saturated rings. The molecule has 0 aromatic carbocycles. The summed E-state index contributed by atoms with van der Waals surface area (Å²) in [7, 11) is 0. The molecule has 1 saturated heterocycles. The van der Waals surface area contributed by atoms with Gasteiger partial charge in [-0.15, -0.1) is 0 Å². The molecule has 0 radical (unpaired) electrons. The first-order chi connectivity index (χ1) is 4.72. The first-order valence-electron chi connectivity index (χ1n) is 4.05. The van der Waals surface area contributed by atoms with Gasteiger partial charge in [-0.25, -0.2) is 0 Å². The lowest BCUT2D eigenvalue weighted by Crippen LogP contribution is -2.30. The maximum Gasteiger partial charge on any atom is 0.0983 e. The molecule has 0 amide bonds. The average Bonchev–Trinajstić information content (AvgIpc) is 2.36. The Morgan fingerprint density at radius 1 is 1.30 bits per heavy atom. The normalized spacial score (nSPS) is 18.5. The zero-order valence-electron chi connectivity index (χ0n) is 6.85. The van der Waals surface area contributed by atoms with Gasteiger partial charge in [-0.3, -0.25) is 5.41 Å². The summed E-state index contributed by atoms with van der Waals surface area (Å²) >= 11 is 0. The van der Waals surface area contributed by atoms with E-state index in [9.17, 15) is 0 Å². The summed E-state index contributed by atoms with van der Waals surface area (Å²) in [5.74, 6) is 1.22. The number of nitrogens with zero attached hydrogens (tertiary/aromatic N) is 1. The van der Waals surface area contributed by atoms with Crippen molar-refractivity contribution in [3.8, 4) is 0 Å². The monoisotopic (exact) mass is 140 g/mol. The van der Waals surface area contributed by atoms with E-state index in [1.807, 2.05) is 0 Å². The second kappa shape index (κ2) is 3.04. The molecule has 0 bridgehead atoms. The predicted octanol–water partition coefficient (Wildman–Crippen LogP) is 1.72. The van der Waals surface area contributed by atoms with Gasteiger partial charge >= 0.3 is 0 Å². The zero-order valence-corrected chi connectivity index (χ0v) is 6.85. The maximum absolute atomic E-state index is 7.67. The summed E-state index contributed by atoms with van der Waals surface area (Å²) in [5, 5.41) is 7.67. The fourth-order valence-electron chi connectivity index (χ4n) is 1.32. The molecule has 0 unspecified atom stereocenters. The van der Waals surface area contributed by atoms with Crippen molar-refractivity contribution >= 4 is 5.84 Å². The highest BCUT2D eigenvalue weighted by atomic mass is 15.2. The lowest BCUT2D eigenvalue weighted by molar-refractivity contribution is 0.484. The van der Waals surface area contributed by atoms with E-state index in [0.717, 1.165) is 18.9 Å². The van der Waals surface area contributed by atoms with Gasteiger partial charge in [0.25, 0.3) is 0 Å². The van der Waals surface area contributed by atoms with Crippen molar-refractivity contribution in [1.82, 2.24) is 4.90 Å². The molecular weight excluding hydrogens is 124 g/mol. The van der Waals surface area contributed by atoms with Crippen LogP contribution in [0.2, 0.25) is 0 Å². The second-order valence-electron chi connectivity index (χ2n) is 3.23. The molecule has 58 valence electrons. The van der Waals surface area contributed by atoms with Crippen molar-refractivity contribution in [2.24, 2.45) is 5.92 Å². The van der Waals surface area contributed by atoms with Gasteiger partial charge in [0, 0.05) is 19.0 Å². The van der Waals surface area contributed by atoms with Crippen LogP contribution in [0.25, 0.3) is 0 Å². The van der Waals surface area contributed by atoms with E-state index in [1.165, 1.54) is 12.8 Å². The van der Waals surface area contributed by atoms with Crippen LogP contribution in [0, 0.1) is 11.3 Å². The third-order valence-corrected chi connectivity index (χ3v) is 1.99. The molecule has 0 aromatic heterocycles. The fourth-order valence-corrected chi connectivity index (χ4v) is 1.32. The number of hydrogen-bond donors (Lipinski definition) is 1. The molecule has 1 aliphatic heterocycles. The molecular formula is C8H16N2. The van der Waals surface area contributed by atoms with Crippen molar-refractivity contribution < 1.29 is 0 Å². The molecule has 1 aliphatic rings. The number of hydrogen-bond acceptors (Lipinski definition) is 1. The van der Waals surface area contributed by atoms with E-state index in [4.69, 9.17) is 5.41 Å². The summed E-state index contributed by atoms with van der Waals surface area (Å²) < 4.78 is 0. The molecule has 2 nitrogen and oxygen atoms in total. The van der Waals surface area contributed by atoms with Gasteiger partial charge in [0.2, 0.25) is 0 Å². The van der Waals surface area contributed by atoms with Crippen LogP contribution in [0.5, 0.6) is 0 Å². The summed E-state index contributed by atoms with van der Waals surface area (Å²) in [5.41, 5.74) is 0. The lowest BCUT2D eigenvalue weighted by Gasteiger charge is -2.20. The Labute approximate surface area is 62.7 Å². The summed E-state index contributed by atoms with van der Waals surface area (Å²) in [6, 6.07) is 0. The molecule has 1 heterocycles. The van der Waals surface area contributed by atoms with Crippen molar-refractivity contribution in [1.29, 1.82) is 5.41 Å². The summed E-state index contributed by atoms with van der Waals surface area (Å²) in [6.45, 7) is 6.38. The van der Waals surface area contributed by atoms with Crippen molar-refractivity contribution in [2.75, 3.05) is 13.1 Å². The quantitative estimate of drug-likeness (QED) is 0.435. The number of nitrogens with one attached hydrogen (secondary N) is 1. The molecule has 1 N–H and O–H groups in total. The summed E-state index contributed by atoms with van der Waals surface area (Å²) in [4.78, 5) is 2.19. The molecule has 0 atom stereocenters. The van der Waals surface area contributed by atoms with Crippen molar-refractivity contribution in [3.63, 3.8) is 0 Å². The Balaban J connectivity index is 2.40.